The molecule has 1 rings (SSSR count). The largest absolute Gasteiger partial charge is 0.550 e. The molecule has 5 nitrogen and oxygen atoms in total. The molecule has 0 saturated heterocycles. The highest BCUT2D eigenvalue weighted by molar-refractivity contribution is 6.30. The minimum Gasteiger partial charge on any atom is -0.550 e. The van der Waals surface area contributed by atoms with Crippen LogP contribution in [0.3, 0.4) is 0 Å². The zero-order valence-electron chi connectivity index (χ0n) is 11.6. The Hall–Kier alpha value is -1.75. The predicted octanol–water partition coefficient (Wildman–Crippen LogP) is 2.05. The Balaban J connectivity index is 2.82. The van der Waals surface area contributed by atoms with Gasteiger partial charge in [0, 0.05) is 17.4 Å². The molecule has 0 heterocycles. The number of carboxylic acids is 1. The average Bonchev–Trinajstić information content (AvgIpc) is 2.25. The molecule has 1 aromatic carbocycles. The summed E-state index contributed by atoms with van der Waals surface area (Å²) in [7, 11) is 0. The van der Waals surface area contributed by atoms with Gasteiger partial charge in [-0.15, -0.1) is 0 Å². The van der Waals surface area contributed by atoms with Crippen LogP contribution >= 0.6 is 11.6 Å². The number of hydrogen-bond acceptors (Lipinski definition) is 4. The third-order valence-electron chi connectivity index (χ3n) is 2.33. The molecular weight excluding hydrogens is 282 g/mol. The number of benzene rings is 1. The maximum absolute atomic E-state index is 11.7. The van der Waals surface area contributed by atoms with Crippen LogP contribution < -0.4 is 10.4 Å². The number of carbonyl (C=O) groups is 2. The van der Waals surface area contributed by atoms with Gasteiger partial charge in [0.1, 0.15) is 5.60 Å². The van der Waals surface area contributed by atoms with E-state index in [-0.39, 0.29) is 6.42 Å². The van der Waals surface area contributed by atoms with Crippen molar-refractivity contribution in [2.45, 2.75) is 38.8 Å². The van der Waals surface area contributed by atoms with Crippen molar-refractivity contribution in [1.82, 2.24) is 5.32 Å². The van der Waals surface area contributed by atoms with Gasteiger partial charge in [0.05, 0.1) is 6.04 Å². The number of ether oxygens (including phenoxy) is 1. The number of carbonyl (C=O) groups excluding carboxylic acids is 2. The molecule has 1 aromatic rings. The highest BCUT2D eigenvalue weighted by Gasteiger charge is 2.20. The van der Waals surface area contributed by atoms with Crippen LogP contribution in [-0.4, -0.2) is 17.7 Å². The van der Waals surface area contributed by atoms with Gasteiger partial charge in [-0.3, -0.25) is 0 Å². The molecule has 0 aliphatic heterocycles. The van der Waals surface area contributed by atoms with Crippen molar-refractivity contribution < 1.29 is 19.4 Å². The molecule has 0 aromatic heterocycles. The van der Waals surface area contributed by atoms with Gasteiger partial charge in [-0.1, -0.05) is 23.7 Å². The van der Waals surface area contributed by atoms with Crippen LogP contribution in [0.15, 0.2) is 24.3 Å². The molecule has 0 saturated carbocycles. The lowest BCUT2D eigenvalue weighted by Gasteiger charge is -2.24. The van der Waals surface area contributed by atoms with E-state index in [9.17, 15) is 14.7 Å². The van der Waals surface area contributed by atoms with E-state index in [1.54, 1.807) is 45.0 Å². The van der Waals surface area contributed by atoms with Crippen molar-refractivity contribution in [3.63, 3.8) is 0 Å². The summed E-state index contributed by atoms with van der Waals surface area (Å²) < 4.78 is 5.11. The summed E-state index contributed by atoms with van der Waals surface area (Å²) in [5.41, 5.74) is -0.0414. The maximum atomic E-state index is 11.7. The van der Waals surface area contributed by atoms with Crippen LogP contribution in [0.4, 0.5) is 4.79 Å². The van der Waals surface area contributed by atoms with Gasteiger partial charge in [-0.25, -0.2) is 4.79 Å². The molecule has 0 spiro atoms. The first kappa shape index (κ1) is 16.3. The molecule has 0 bridgehead atoms. The van der Waals surface area contributed by atoms with E-state index >= 15 is 0 Å². The Morgan fingerprint density at radius 2 is 1.85 bits per heavy atom. The van der Waals surface area contributed by atoms with Gasteiger partial charge in [-0.05, 0) is 38.5 Å². The van der Waals surface area contributed by atoms with Gasteiger partial charge >= 0.3 is 6.09 Å². The summed E-state index contributed by atoms with van der Waals surface area (Å²) in [4.78, 5) is 22.5. The van der Waals surface area contributed by atoms with E-state index in [2.05, 4.69) is 5.32 Å². The Morgan fingerprint density at radius 1 is 1.30 bits per heavy atom. The van der Waals surface area contributed by atoms with Crippen LogP contribution in [0.1, 0.15) is 38.8 Å². The summed E-state index contributed by atoms with van der Waals surface area (Å²) in [6, 6.07) is 5.80. The number of aliphatic carboxylic acids is 1. The van der Waals surface area contributed by atoms with Crippen LogP contribution in [0.2, 0.25) is 5.02 Å². The maximum Gasteiger partial charge on any atom is 0.408 e. The fraction of sp³-hybridized carbons (Fsp3) is 0.429. The molecular formula is C14H17ClNO4-. The van der Waals surface area contributed by atoms with Crippen molar-refractivity contribution >= 4 is 23.7 Å². The van der Waals surface area contributed by atoms with Crippen LogP contribution in [0.25, 0.3) is 0 Å². The lowest BCUT2D eigenvalue weighted by Crippen LogP contribution is -2.37. The second-order valence-electron chi connectivity index (χ2n) is 5.33. The van der Waals surface area contributed by atoms with Gasteiger partial charge in [0.25, 0.3) is 0 Å². The predicted molar refractivity (Wildman–Crippen MR) is 73.2 cm³/mol. The lowest BCUT2D eigenvalue weighted by molar-refractivity contribution is -0.306. The Morgan fingerprint density at radius 3 is 2.30 bits per heavy atom. The highest BCUT2D eigenvalue weighted by atomic mass is 35.5. The number of hydrogen-bond donors (Lipinski definition) is 1. The third kappa shape index (κ3) is 5.93. The molecule has 0 unspecified atom stereocenters. The van der Waals surface area contributed by atoms with Crippen LogP contribution in [0, 0.1) is 0 Å². The third-order valence-corrected chi connectivity index (χ3v) is 2.59. The van der Waals surface area contributed by atoms with Crippen molar-refractivity contribution in [2.24, 2.45) is 0 Å². The Bertz CT molecular complexity index is 479. The van der Waals surface area contributed by atoms with Gasteiger partial charge in [-0.2, -0.15) is 0 Å². The molecule has 0 aliphatic carbocycles. The molecule has 20 heavy (non-hydrogen) atoms. The number of carboxylic acid groups (broad SMARTS) is 1. The number of amides is 1. The first-order valence-corrected chi connectivity index (χ1v) is 6.50. The summed E-state index contributed by atoms with van der Waals surface area (Å²) >= 11 is 5.77. The summed E-state index contributed by atoms with van der Waals surface area (Å²) in [6.07, 6.45) is -1.03. The fourth-order valence-electron chi connectivity index (χ4n) is 1.56. The minimum absolute atomic E-state index is 0.346. The van der Waals surface area contributed by atoms with Crippen molar-refractivity contribution in [2.75, 3.05) is 0 Å². The van der Waals surface area contributed by atoms with Crippen LogP contribution in [0.5, 0.6) is 0 Å². The van der Waals surface area contributed by atoms with E-state index < -0.39 is 23.7 Å². The summed E-state index contributed by atoms with van der Waals surface area (Å²) in [6.45, 7) is 5.17. The molecule has 110 valence electrons. The molecule has 1 N–H and O–H groups in total. The fourth-order valence-corrected chi connectivity index (χ4v) is 1.69. The molecule has 0 fully saturated rings. The average molecular weight is 299 g/mol. The van der Waals surface area contributed by atoms with Gasteiger partial charge in [0.2, 0.25) is 0 Å². The molecule has 1 amide bonds. The molecule has 6 heteroatoms. The standard InChI is InChI=1S/C14H18ClNO4/c1-14(2,3)20-13(19)16-11(8-12(17)18)9-4-6-10(15)7-5-9/h4-7,11H,8H2,1-3H3,(H,16,19)(H,17,18)/p-1/t11-/m1/s1. The van der Waals surface area contributed by atoms with E-state index in [1.807, 2.05) is 0 Å². The number of nitrogens with one attached hydrogen (secondary N) is 1. The van der Waals surface area contributed by atoms with E-state index in [4.69, 9.17) is 16.3 Å². The van der Waals surface area contributed by atoms with E-state index in [0.717, 1.165) is 0 Å². The topological polar surface area (TPSA) is 78.5 Å². The van der Waals surface area contributed by atoms with E-state index in [1.165, 1.54) is 0 Å². The first-order valence-electron chi connectivity index (χ1n) is 6.12. The zero-order valence-corrected chi connectivity index (χ0v) is 12.4. The SMILES string of the molecule is CC(C)(C)OC(=O)N[C@H](CC(=O)[O-])c1ccc(Cl)cc1. The summed E-state index contributed by atoms with van der Waals surface area (Å²) in [5.74, 6) is -1.26. The van der Waals surface area contributed by atoms with Crippen molar-refractivity contribution in [3.05, 3.63) is 34.9 Å². The van der Waals surface area contributed by atoms with E-state index in [0.29, 0.717) is 10.6 Å². The quantitative estimate of drug-likeness (QED) is 0.922. The van der Waals surface area contributed by atoms with Gasteiger partial charge < -0.3 is 20.0 Å². The monoisotopic (exact) mass is 298 g/mol. The Labute approximate surface area is 122 Å². The smallest absolute Gasteiger partial charge is 0.408 e. The summed E-state index contributed by atoms with van der Waals surface area (Å²) in [5, 5.41) is 13.8. The van der Waals surface area contributed by atoms with Gasteiger partial charge in [0.15, 0.2) is 0 Å². The molecule has 0 aliphatic rings. The number of halogens is 1. The number of rotatable bonds is 4. The van der Waals surface area contributed by atoms with Crippen molar-refractivity contribution in [3.8, 4) is 0 Å². The van der Waals surface area contributed by atoms with Crippen LogP contribution in [-0.2, 0) is 9.53 Å². The zero-order chi connectivity index (χ0) is 15.3. The minimum atomic E-state index is -1.26. The molecule has 1 atom stereocenters. The lowest BCUT2D eigenvalue weighted by atomic mass is 10.0. The Kier molecular flexibility index (Phi) is 5.39. The normalized spacial score (nSPS) is 12.6. The second-order valence-corrected chi connectivity index (χ2v) is 5.76. The molecule has 0 radical (unpaired) electrons. The highest BCUT2D eigenvalue weighted by Crippen LogP contribution is 2.20. The van der Waals surface area contributed by atoms with Crippen molar-refractivity contribution in [1.29, 1.82) is 0 Å². The second kappa shape index (κ2) is 6.61. The first-order chi connectivity index (χ1) is 9.17. The number of alkyl carbamates (subject to hydrolysis) is 1.